The molecule has 29 heavy (non-hydrogen) atoms. The monoisotopic (exact) mass is 396 g/mol. The Morgan fingerprint density at radius 2 is 1.97 bits per heavy atom. The molecule has 1 fully saturated rings. The number of likely N-dealkylation sites (tertiary alicyclic amines) is 1. The summed E-state index contributed by atoms with van der Waals surface area (Å²) in [7, 11) is 0. The predicted molar refractivity (Wildman–Crippen MR) is 116 cm³/mol. The van der Waals surface area contributed by atoms with Crippen molar-refractivity contribution in [3.05, 3.63) is 47.7 Å². The molecule has 1 aliphatic rings. The first-order valence-corrected chi connectivity index (χ1v) is 10.6. The lowest BCUT2D eigenvalue weighted by Gasteiger charge is -2.31. The van der Waals surface area contributed by atoms with Crippen LogP contribution in [0.3, 0.4) is 0 Å². The van der Waals surface area contributed by atoms with Gasteiger partial charge in [-0.15, -0.1) is 6.58 Å². The van der Waals surface area contributed by atoms with Crippen LogP contribution < -0.4 is 0 Å². The molecule has 0 atom stereocenters. The number of nitrogens with zero attached hydrogens (tertiary/aromatic N) is 2. The first kappa shape index (κ1) is 21.2. The van der Waals surface area contributed by atoms with E-state index in [0.717, 1.165) is 22.2 Å². The highest BCUT2D eigenvalue weighted by Gasteiger charge is 2.31. The van der Waals surface area contributed by atoms with Crippen molar-refractivity contribution in [2.75, 3.05) is 19.7 Å². The van der Waals surface area contributed by atoms with Crippen molar-refractivity contribution in [3.8, 4) is 0 Å². The zero-order valence-corrected chi connectivity index (χ0v) is 18.0. The smallest absolute Gasteiger partial charge is 0.309 e. The van der Waals surface area contributed by atoms with Crippen molar-refractivity contribution in [1.29, 1.82) is 0 Å². The number of piperidine rings is 1. The molecule has 5 heteroatoms. The Balaban J connectivity index is 1.91. The maximum Gasteiger partial charge on any atom is 0.309 e. The second kappa shape index (κ2) is 8.85. The first-order valence-electron chi connectivity index (χ1n) is 10.6. The van der Waals surface area contributed by atoms with Crippen LogP contribution in [-0.4, -0.2) is 41.0 Å². The van der Waals surface area contributed by atoms with Crippen LogP contribution in [0.1, 0.15) is 61.1 Å². The van der Waals surface area contributed by atoms with Crippen LogP contribution in [-0.2, 0) is 16.1 Å². The number of benzene rings is 1. The summed E-state index contributed by atoms with van der Waals surface area (Å²) in [5, 5.41) is 1.13. The molecule has 1 aromatic heterocycles. The highest BCUT2D eigenvalue weighted by molar-refractivity contribution is 6.02. The summed E-state index contributed by atoms with van der Waals surface area (Å²) in [6.45, 7) is 14.2. The first-order chi connectivity index (χ1) is 13.9. The number of rotatable bonds is 6. The minimum atomic E-state index is -0.141. The summed E-state index contributed by atoms with van der Waals surface area (Å²) in [5.74, 6) is 0.224. The SMILES string of the molecule is C=CCn1c(C(=O)N2CCC(C(=O)OCC)CC2)c(C)c2cc(C(C)C)ccc21. The van der Waals surface area contributed by atoms with Gasteiger partial charge in [0.1, 0.15) is 5.69 Å². The van der Waals surface area contributed by atoms with Crippen molar-refractivity contribution < 1.29 is 14.3 Å². The summed E-state index contributed by atoms with van der Waals surface area (Å²) < 4.78 is 7.22. The highest BCUT2D eigenvalue weighted by atomic mass is 16.5. The Bertz CT molecular complexity index is 918. The van der Waals surface area contributed by atoms with Gasteiger partial charge in [0.25, 0.3) is 5.91 Å². The Labute approximate surface area is 173 Å². The number of aromatic nitrogens is 1. The van der Waals surface area contributed by atoms with Gasteiger partial charge in [0.05, 0.1) is 12.5 Å². The molecular weight excluding hydrogens is 364 g/mol. The third-order valence-electron chi connectivity index (χ3n) is 5.92. The second-order valence-corrected chi connectivity index (χ2v) is 8.12. The number of aryl methyl sites for hydroxylation is 1. The summed E-state index contributed by atoms with van der Waals surface area (Å²) in [5.41, 5.74) is 4.08. The van der Waals surface area contributed by atoms with E-state index in [4.69, 9.17) is 4.74 Å². The van der Waals surface area contributed by atoms with E-state index in [1.807, 2.05) is 24.8 Å². The molecule has 0 saturated carbocycles. The highest BCUT2D eigenvalue weighted by Crippen LogP contribution is 2.31. The van der Waals surface area contributed by atoms with Crippen LogP contribution in [0, 0.1) is 12.8 Å². The van der Waals surface area contributed by atoms with Crippen molar-refractivity contribution in [2.24, 2.45) is 5.92 Å². The van der Waals surface area contributed by atoms with Crippen molar-refractivity contribution in [1.82, 2.24) is 9.47 Å². The van der Waals surface area contributed by atoms with Crippen LogP contribution >= 0.6 is 0 Å². The van der Waals surface area contributed by atoms with E-state index >= 15 is 0 Å². The summed E-state index contributed by atoms with van der Waals surface area (Å²) in [6, 6.07) is 6.47. The van der Waals surface area contributed by atoms with Crippen molar-refractivity contribution >= 4 is 22.8 Å². The number of fused-ring (bicyclic) bond motifs is 1. The normalized spacial score (nSPS) is 15.1. The molecule has 0 radical (unpaired) electrons. The van der Waals surface area contributed by atoms with Crippen molar-refractivity contribution in [2.45, 2.75) is 53.0 Å². The van der Waals surface area contributed by atoms with Gasteiger partial charge in [-0.25, -0.2) is 0 Å². The number of hydrogen-bond donors (Lipinski definition) is 0. The molecule has 5 nitrogen and oxygen atoms in total. The van der Waals surface area contributed by atoms with E-state index in [1.165, 1.54) is 5.56 Å². The van der Waals surface area contributed by atoms with Crippen LogP contribution in [0.25, 0.3) is 10.9 Å². The fraction of sp³-hybridized carbons (Fsp3) is 0.500. The Hall–Kier alpha value is -2.56. The Morgan fingerprint density at radius 3 is 2.55 bits per heavy atom. The van der Waals surface area contributed by atoms with Gasteiger partial charge in [-0.2, -0.15) is 0 Å². The third kappa shape index (κ3) is 4.09. The molecule has 3 rings (SSSR count). The molecule has 1 aromatic carbocycles. The minimum absolute atomic E-state index is 0.0361. The van der Waals surface area contributed by atoms with Crippen LogP contribution in [0.5, 0.6) is 0 Å². The van der Waals surface area contributed by atoms with E-state index in [2.05, 4.69) is 43.2 Å². The molecule has 2 aromatic rings. The maximum atomic E-state index is 13.5. The molecule has 156 valence electrons. The fourth-order valence-corrected chi connectivity index (χ4v) is 4.22. The van der Waals surface area contributed by atoms with E-state index in [0.29, 0.717) is 45.0 Å². The van der Waals surface area contributed by atoms with Gasteiger partial charge >= 0.3 is 5.97 Å². The molecule has 2 heterocycles. The van der Waals surface area contributed by atoms with Gasteiger partial charge in [-0.1, -0.05) is 26.0 Å². The van der Waals surface area contributed by atoms with Gasteiger partial charge in [-0.3, -0.25) is 9.59 Å². The molecule has 0 unspecified atom stereocenters. The number of amides is 1. The molecule has 0 spiro atoms. The van der Waals surface area contributed by atoms with E-state index in [-0.39, 0.29) is 17.8 Å². The number of ether oxygens (including phenoxy) is 1. The molecule has 1 saturated heterocycles. The topological polar surface area (TPSA) is 51.5 Å². The Morgan fingerprint density at radius 1 is 1.28 bits per heavy atom. The summed E-state index contributed by atoms with van der Waals surface area (Å²) in [4.78, 5) is 27.3. The van der Waals surface area contributed by atoms with Gasteiger partial charge in [-0.05, 0) is 55.9 Å². The van der Waals surface area contributed by atoms with Crippen LogP contribution in [0.2, 0.25) is 0 Å². The van der Waals surface area contributed by atoms with Gasteiger partial charge in [0.15, 0.2) is 0 Å². The van der Waals surface area contributed by atoms with Crippen molar-refractivity contribution in [3.63, 3.8) is 0 Å². The number of allylic oxidation sites excluding steroid dienone is 1. The van der Waals surface area contributed by atoms with E-state index in [9.17, 15) is 9.59 Å². The average molecular weight is 397 g/mol. The largest absolute Gasteiger partial charge is 0.466 e. The summed E-state index contributed by atoms with van der Waals surface area (Å²) >= 11 is 0. The maximum absolute atomic E-state index is 13.5. The Kier molecular flexibility index (Phi) is 6.46. The van der Waals surface area contributed by atoms with E-state index < -0.39 is 0 Å². The number of carbonyl (C=O) groups excluding carboxylic acids is 2. The predicted octanol–water partition coefficient (Wildman–Crippen LogP) is 4.67. The van der Waals surface area contributed by atoms with Gasteiger partial charge in [0.2, 0.25) is 0 Å². The minimum Gasteiger partial charge on any atom is -0.466 e. The van der Waals surface area contributed by atoms with Gasteiger partial charge in [0, 0.05) is 30.5 Å². The summed E-state index contributed by atoms with van der Waals surface area (Å²) in [6.07, 6.45) is 3.14. The molecular formula is C24H32N2O3. The lowest BCUT2D eigenvalue weighted by Crippen LogP contribution is -2.41. The number of esters is 1. The fourth-order valence-electron chi connectivity index (χ4n) is 4.22. The van der Waals surface area contributed by atoms with Crippen LogP contribution in [0.15, 0.2) is 30.9 Å². The lowest BCUT2D eigenvalue weighted by molar-refractivity contribution is -0.149. The molecule has 1 amide bonds. The zero-order valence-electron chi connectivity index (χ0n) is 18.0. The number of hydrogen-bond acceptors (Lipinski definition) is 3. The third-order valence-corrected chi connectivity index (χ3v) is 5.92. The van der Waals surface area contributed by atoms with Gasteiger partial charge < -0.3 is 14.2 Å². The standard InChI is InChI=1S/C24H32N2O3/c1-6-12-26-21-9-8-19(16(3)4)15-20(21)17(5)22(26)23(27)25-13-10-18(11-14-25)24(28)29-7-2/h6,8-9,15-16,18H,1,7,10-14H2,2-5H3. The molecule has 0 bridgehead atoms. The van der Waals surface area contributed by atoms with E-state index in [1.54, 1.807) is 0 Å². The average Bonchev–Trinajstić information content (AvgIpc) is 2.99. The second-order valence-electron chi connectivity index (χ2n) is 8.12. The molecule has 1 aliphatic heterocycles. The number of carbonyl (C=O) groups is 2. The molecule has 0 aliphatic carbocycles. The quantitative estimate of drug-likeness (QED) is 0.526. The zero-order chi connectivity index (χ0) is 21.1. The van der Waals surface area contributed by atoms with Crippen LogP contribution in [0.4, 0.5) is 0 Å². The lowest BCUT2D eigenvalue weighted by atomic mass is 9.96. The molecule has 0 N–H and O–H groups in total.